The maximum absolute atomic E-state index is 13.3. The highest BCUT2D eigenvalue weighted by Gasteiger charge is 2.43. The summed E-state index contributed by atoms with van der Waals surface area (Å²) in [5, 5.41) is 2.26. The first-order valence-electron chi connectivity index (χ1n) is 11.2. The Morgan fingerprint density at radius 2 is 1.56 bits per heavy atom. The Bertz CT molecular complexity index is 1250. The summed E-state index contributed by atoms with van der Waals surface area (Å²) < 4.78 is 0. The second-order valence-corrected chi connectivity index (χ2v) is 9.58. The zero-order chi connectivity index (χ0) is 25.7. The van der Waals surface area contributed by atoms with Crippen molar-refractivity contribution < 1.29 is 19.2 Å². The Morgan fingerprint density at radius 1 is 0.917 bits per heavy atom. The van der Waals surface area contributed by atoms with Gasteiger partial charge in [-0.05, 0) is 42.0 Å². The number of thioether (sulfide) groups is 1. The second-order valence-electron chi connectivity index (χ2n) is 8.30. The van der Waals surface area contributed by atoms with E-state index >= 15 is 0 Å². The highest BCUT2D eigenvalue weighted by molar-refractivity contribution is 8.01. The summed E-state index contributed by atoms with van der Waals surface area (Å²) in [6, 6.07) is 19.1. The number of nitrogens with zero attached hydrogens (tertiary/aromatic N) is 3. The van der Waals surface area contributed by atoms with Gasteiger partial charge in [0.1, 0.15) is 5.37 Å². The summed E-state index contributed by atoms with van der Waals surface area (Å²) in [4.78, 5) is 57.0. The molecule has 1 aliphatic heterocycles. The fourth-order valence-corrected chi connectivity index (χ4v) is 5.03. The summed E-state index contributed by atoms with van der Waals surface area (Å²) in [7, 11) is 3.85. The molecule has 2 atom stereocenters. The number of pyridine rings is 1. The molecule has 0 spiro atoms. The Labute approximate surface area is 212 Å². The molecule has 184 valence electrons. The number of hydrogen-bond acceptors (Lipinski definition) is 7. The maximum atomic E-state index is 13.3. The molecule has 2 aromatic carbocycles. The van der Waals surface area contributed by atoms with Crippen LogP contribution in [0, 0.1) is 0 Å². The van der Waals surface area contributed by atoms with Crippen LogP contribution < -0.4 is 15.6 Å². The van der Waals surface area contributed by atoms with E-state index in [0.717, 1.165) is 11.3 Å². The minimum absolute atomic E-state index is 0.212. The molecule has 2 unspecified atom stereocenters. The molecule has 9 nitrogen and oxygen atoms in total. The lowest BCUT2D eigenvalue weighted by Gasteiger charge is -2.25. The third-order valence-corrected chi connectivity index (χ3v) is 7.00. The first-order chi connectivity index (χ1) is 17.3. The van der Waals surface area contributed by atoms with Crippen molar-refractivity contribution in [1.82, 2.24) is 20.7 Å². The number of benzene rings is 2. The van der Waals surface area contributed by atoms with Gasteiger partial charge in [0.05, 0.1) is 5.25 Å². The van der Waals surface area contributed by atoms with E-state index < -0.39 is 34.3 Å². The minimum atomic E-state index is -0.787. The molecule has 0 bridgehead atoms. The van der Waals surface area contributed by atoms with Gasteiger partial charge in [-0.2, -0.15) is 0 Å². The van der Waals surface area contributed by atoms with Crippen molar-refractivity contribution in [3.8, 4) is 0 Å². The summed E-state index contributed by atoms with van der Waals surface area (Å²) in [5.41, 5.74) is 5.15. The molecule has 4 amide bonds. The second kappa shape index (κ2) is 11.0. The van der Waals surface area contributed by atoms with Crippen molar-refractivity contribution in [1.29, 1.82) is 0 Å². The molecule has 0 aliphatic carbocycles. The van der Waals surface area contributed by atoms with Crippen LogP contribution in [0.3, 0.4) is 0 Å². The molecular formula is C26H25N5O4S. The SMILES string of the molecule is CN(C)c1ccc(C2SC(CC(=O)NC(=O)c3ccccc3)C(=O)N2NC(=O)c2ccncc2)cc1. The molecule has 2 N–H and O–H groups in total. The highest BCUT2D eigenvalue weighted by atomic mass is 32.2. The lowest BCUT2D eigenvalue weighted by molar-refractivity contribution is -0.134. The fraction of sp³-hybridized carbons (Fsp3) is 0.192. The van der Waals surface area contributed by atoms with Gasteiger partial charge in [0.25, 0.3) is 17.7 Å². The molecule has 2 heterocycles. The number of hydrogen-bond donors (Lipinski definition) is 2. The van der Waals surface area contributed by atoms with Crippen molar-refractivity contribution >= 4 is 41.1 Å². The van der Waals surface area contributed by atoms with Gasteiger partial charge in [-0.1, -0.05) is 30.3 Å². The number of nitrogens with one attached hydrogen (secondary N) is 2. The number of aromatic nitrogens is 1. The van der Waals surface area contributed by atoms with Crippen LogP contribution in [0.25, 0.3) is 0 Å². The van der Waals surface area contributed by atoms with Crippen LogP contribution in [-0.2, 0) is 9.59 Å². The van der Waals surface area contributed by atoms with Crippen molar-refractivity contribution in [2.45, 2.75) is 17.0 Å². The van der Waals surface area contributed by atoms with E-state index in [1.165, 1.54) is 29.2 Å². The molecule has 1 aliphatic rings. The number of rotatable bonds is 7. The van der Waals surface area contributed by atoms with Gasteiger partial charge in [-0.15, -0.1) is 11.8 Å². The van der Waals surface area contributed by atoms with Crippen LogP contribution in [0.4, 0.5) is 5.69 Å². The topological polar surface area (TPSA) is 112 Å². The fourth-order valence-electron chi connectivity index (χ4n) is 3.64. The molecule has 3 aromatic rings. The monoisotopic (exact) mass is 503 g/mol. The van der Waals surface area contributed by atoms with E-state index in [2.05, 4.69) is 15.7 Å². The summed E-state index contributed by atoms with van der Waals surface area (Å²) in [5.74, 6) is -1.99. The number of amides is 4. The van der Waals surface area contributed by atoms with Crippen LogP contribution in [0.1, 0.15) is 38.1 Å². The van der Waals surface area contributed by atoms with Crippen molar-refractivity contribution in [2.75, 3.05) is 19.0 Å². The molecule has 4 rings (SSSR count). The van der Waals surface area contributed by atoms with Gasteiger partial charge in [0.15, 0.2) is 0 Å². The first kappa shape index (κ1) is 24.9. The third-order valence-electron chi connectivity index (χ3n) is 5.56. The lowest BCUT2D eigenvalue weighted by atomic mass is 10.2. The van der Waals surface area contributed by atoms with Crippen molar-refractivity contribution in [3.63, 3.8) is 0 Å². The van der Waals surface area contributed by atoms with E-state index in [4.69, 9.17) is 0 Å². The van der Waals surface area contributed by atoms with Crippen LogP contribution in [0.15, 0.2) is 79.1 Å². The van der Waals surface area contributed by atoms with Gasteiger partial charge < -0.3 is 4.90 Å². The van der Waals surface area contributed by atoms with E-state index in [9.17, 15) is 19.2 Å². The Kier molecular flexibility index (Phi) is 7.65. The predicted octanol–water partition coefficient (Wildman–Crippen LogP) is 2.78. The number of carbonyl (C=O) groups excluding carboxylic acids is 4. The number of anilines is 1. The molecule has 1 fully saturated rings. The smallest absolute Gasteiger partial charge is 0.270 e. The zero-order valence-electron chi connectivity index (χ0n) is 19.8. The summed E-state index contributed by atoms with van der Waals surface area (Å²) in [6.45, 7) is 0. The lowest BCUT2D eigenvalue weighted by Crippen LogP contribution is -2.46. The predicted molar refractivity (Wildman–Crippen MR) is 137 cm³/mol. The molecule has 0 radical (unpaired) electrons. The van der Waals surface area contributed by atoms with E-state index in [0.29, 0.717) is 11.1 Å². The molecule has 36 heavy (non-hydrogen) atoms. The average Bonchev–Trinajstić information content (AvgIpc) is 3.19. The molecule has 1 aromatic heterocycles. The van der Waals surface area contributed by atoms with Crippen molar-refractivity contribution in [3.05, 3.63) is 95.8 Å². The number of carbonyl (C=O) groups is 4. The van der Waals surface area contributed by atoms with Crippen LogP contribution in [-0.4, -0.2) is 53.0 Å². The van der Waals surface area contributed by atoms with Crippen LogP contribution in [0.2, 0.25) is 0 Å². The highest BCUT2D eigenvalue weighted by Crippen LogP contribution is 2.43. The van der Waals surface area contributed by atoms with E-state index in [-0.39, 0.29) is 6.42 Å². The first-order valence-corrected chi connectivity index (χ1v) is 12.1. The quantitative estimate of drug-likeness (QED) is 0.510. The maximum Gasteiger partial charge on any atom is 0.270 e. The third kappa shape index (κ3) is 5.72. The Balaban J connectivity index is 1.52. The largest absolute Gasteiger partial charge is 0.378 e. The van der Waals surface area contributed by atoms with E-state index in [1.807, 2.05) is 43.3 Å². The van der Waals surface area contributed by atoms with Gasteiger partial charge in [-0.25, -0.2) is 5.01 Å². The minimum Gasteiger partial charge on any atom is -0.378 e. The standard InChI is InChI=1S/C26H25N5O4S/c1-30(2)20-10-8-19(9-11-20)26-31(29-24(34)18-12-14-27-15-13-18)25(35)21(36-26)16-22(32)28-23(33)17-6-4-3-5-7-17/h3-15,21,26H,16H2,1-2H3,(H,29,34)(H,28,32,33). The number of hydrazine groups is 1. The van der Waals surface area contributed by atoms with Crippen LogP contribution in [0.5, 0.6) is 0 Å². The Morgan fingerprint density at radius 3 is 2.19 bits per heavy atom. The average molecular weight is 504 g/mol. The molecular weight excluding hydrogens is 478 g/mol. The summed E-state index contributed by atoms with van der Waals surface area (Å²) in [6.07, 6.45) is 2.77. The van der Waals surface area contributed by atoms with Gasteiger partial charge in [0.2, 0.25) is 5.91 Å². The Hall–Kier alpha value is -4.18. The van der Waals surface area contributed by atoms with Gasteiger partial charge >= 0.3 is 0 Å². The molecule has 10 heteroatoms. The molecule has 0 saturated carbocycles. The van der Waals surface area contributed by atoms with Crippen LogP contribution >= 0.6 is 11.8 Å². The summed E-state index contributed by atoms with van der Waals surface area (Å²) >= 11 is 1.25. The van der Waals surface area contributed by atoms with Crippen molar-refractivity contribution in [2.24, 2.45) is 0 Å². The van der Waals surface area contributed by atoms with Gasteiger partial charge in [0, 0.05) is 49.7 Å². The normalized spacial score (nSPS) is 16.9. The zero-order valence-corrected chi connectivity index (χ0v) is 20.6. The number of imide groups is 1. The molecule has 1 saturated heterocycles. The van der Waals surface area contributed by atoms with E-state index in [1.54, 1.807) is 42.5 Å². The van der Waals surface area contributed by atoms with Gasteiger partial charge in [-0.3, -0.25) is 34.9 Å².